The Morgan fingerprint density at radius 3 is 0.795 bits per heavy atom. The molecule has 0 spiro atoms. The maximum atomic E-state index is 12.8. The molecule has 0 aliphatic heterocycles. The maximum absolute atomic E-state index is 12.8. The molecule has 0 N–H and O–H groups in total. The van der Waals surface area contributed by atoms with Crippen LogP contribution in [-0.4, -0.2) is 37.2 Å². The molecule has 0 rings (SSSR count). The fraction of sp³-hybridized carbons (Fsp3) is 0.819. The molecule has 0 saturated carbocycles. The molecule has 0 aliphatic carbocycles. The lowest BCUT2D eigenvalue weighted by molar-refractivity contribution is -0.167. The second-order valence-electron chi connectivity index (χ2n) is 23.1. The number of allylic oxidation sites excluding steroid dienone is 10. The van der Waals surface area contributed by atoms with Gasteiger partial charge in [-0.25, -0.2) is 0 Å². The molecular formula is C72H130O6. The van der Waals surface area contributed by atoms with Crippen LogP contribution < -0.4 is 0 Å². The summed E-state index contributed by atoms with van der Waals surface area (Å²) in [5.74, 6) is -0.875. The summed E-state index contributed by atoms with van der Waals surface area (Å²) in [6, 6.07) is 0. The van der Waals surface area contributed by atoms with Crippen LogP contribution >= 0.6 is 0 Å². The van der Waals surface area contributed by atoms with Crippen LogP contribution in [-0.2, 0) is 28.6 Å². The highest BCUT2D eigenvalue weighted by atomic mass is 16.6. The summed E-state index contributed by atoms with van der Waals surface area (Å²) in [5, 5.41) is 0. The first-order chi connectivity index (χ1) is 38.5. The van der Waals surface area contributed by atoms with Gasteiger partial charge in [-0.1, -0.05) is 319 Å². The molecule has 0 heterocycles. The van der Waals surface area contributed by atoms with E-state index in [0.29, 0.717) is 19.3 Å². The summed E-state index contributed by atoms with van der Waals surface area (Å²) >= 11 is 0. The van der Waals surface area contributed by atoms with Crippen LogP contribution in [0.15, 0.2) is 60.8 Å². The number of hydrogen-bond donors (Lipinski definition) is 0. The number of carbonyl (C=O) groups excluding carboxylic acids is 3. The van der Waals surface area contributed by atoms with Crippen molar-refractivity contribution in [2.75, 3.05) is 13.2 Å². The summed E-state index contributed by atoms with van der Waals surface area (Å²) in [4.78, 5) is 38.0. The molecule has 0 amide bonds. The number of unbranched alkanes of at least 4 members (excludes halogenated alkanes) is 42. The summed E-state index contributed by atoms with van der Waals surface area (Å²) in [7, 11) is 0. The first kappa shape index (κ1) is 75.1. The van der Waals surface area contributed by atoms with Crippen LogP contribution in [0.1, 0.15) is 361 Å². The molecule has 78 heavy (non-hydrogen) atoms. The van der Waals surface area contributed by atoms with Crippen molar-refractivity contribution in [3.63, 3.8) is 0 Å². The Bertz CT molecular complexity index is 1390. The summed E-state index contributed by atoms with van der Waals surface area (Å²) in [6.07, 6.45) is 85.8. The van der Waals surface area contributed by atoms with Crippen LogP contribution in [0.4, 0.5) is 0 Å². The molecule has 0 saturated heterocycles. The lowest BCUT2D eigenvalue weighted by atomic mass is 10.0. The molecule has 0 bridgehead atoms. The molecule has 0 aliphatic rings. The van der Waals surface area contributed by atoms with E-state index in [1.165, 1.54) is 231 Å². The van der Waals surface area contributed by atoms with E-state index in [2.05, 4.69) is 81.5 Å². The summed E-state index contributed by atoms with van der Waals surface area (Å²) in [6.45, 7) is 6.51. The second kappa shape index (κ2) is 66.6. The molecule has 0 radical (unpaired) electrons. The van der Waals surface area contributed by atoms with Gasteiger partial charge in [-0.3, -0.25) is 14.4 Å². The molecule has 1 atom stereocenters. The van der Waals surface area contributed by atoms with Crippen molar-refractivity contribution >= 4 is 17.9 Å². The topological polar surface area (TPSA) is 78.9 Å². The SMILES string of the molecule is CC/C=C\C/C=C\C/C=C\C/C=C\CCCCCCCCCCC(=O)OC(COC(=O)CCCCCCCC)COC(=O)CCCCCCCCCCCCCCCCCCCCCCC/C=C\CCCCCCCCCC. The molecule has 0 aromatic heterocycles. The zero-order valence-electron chi connectivity index (χ0n) is 52.2. The molecule has 0 aromatic carbocycles. The Hall–Kier alpha value is -2.89. The van der Waals surface area contributed by atoms with Crippen molar-refractivity contribution in [2.24, 2.45) is 0 Å². The minimum Gasteiger partial charge on any atom is -0.462 e. The van der Waals surface area contributed by atoms with Gasteiger partial charge in [0.15, 0.2) is 6.10 Å². The van der Waals surface area contributed by atoms with Gasteiger partial charge in [-0.05, 0) is 83.5 Å². The van der Waals surface area contributed by atoms with Gasteiger partial charge in [-0.2, -0.15) is 0 Å². The van der Waals surface area contributed by atoms with E-state index < -0.39 is 6.10 Å². The van der Waals surface area contributed by atoms with Gasteiger partial charge in [0.05, 0.1) is 0 Å². The fourth-order valence-electron chi connectivity index (χ4n) is 10.1. The zero-order valence-corrected chi connectivity index (χ0v) is 52.2. The van der Waals surface area contributed by atoms with E-state index in [-0.39, 0.29) is 31.1 Å². The molecular weight excluding hydrogens is 961 g/mol. The van der Waals surface area contributed by atoms with E-state index in [0.717, 1.165) is 89.9 Å². The van der Waals surface area contributed by atoms with Crippen molar-refractivity contribution in [1.29, 1.82) is 0 Å². The van der Waals surface area contributed by atoms with E-state index in [4.69, 9.17) is 14.2 Å². The largest absolute Gasteiger partial charge is 0.462 e. The number of rotatable bonds is 63. The predicted octanol–water partition coefficient (Wildman–Crippen LogP) is 23.5. The smallest absolute Gasteiger partial charge is 0.306 e. The fourth-order valence-corrected chi connectivity index (χ4v) is 10.1. The first-order valence-corrected chi connectivity index (χ1v) is 34.3. The number of esters is 3. The normalized spacial score (nSPS) is 12.4. The summed E-state index contributed by atoms with van der Waals surface area (Å²) in [5.41, 5.74) is 0. The maximum Gasteiger partial charge on any atom is 0.306 e. The molecule has 6 nitrogen and oxygen atoms in total. The third-order valence-electron chi connectivity index (χ3n) is 15.3. The van der Waals surface area contributed by atoms with Crippen LogP contribution in [0.25, 0.3) is 0 Å². The second-order valence-corrected chi connectivity index (χ2v) is 23.1. The lowest BCUT2D eigenvalue weighted by Crippen LogP contribution is -2.30. The van der Waals surface area contributed by atoms with Crippen LogP contribution in [0.2, 0.25) is 0 Å². The molecule has 6 heteroatoms. The van der Waals surface area contributed by atoms with Gasteiger partial charge in [0.25, 0.3) is 0 Å². The zero-order chi connectivity index (χ0) is 56.4. The Morgan fingerprint density at radius 1 is 0.269 bits per heavy atom. The minimum atomic E-state index is -0.775. The highest BCUT2D eigenvalue weighted by molar-refractivity contribution is 5.71. The monoisotopic (exact) mass is 1090 g/mol. The number of hydrogen-bond acceptors (Lipinski definition) is 6. The minimum absolute atomic E-state index is 0.0739. The van der Waals surface area contributed by atoms with Crippen molar-refractivity contribution in [3.8, 4) is 0 Å². The molecule has 0 fully saturated rings. The van der Waals surface area contributed by atoms with Gasteiger partial charge >= 0.3 is 17.9 Å². The first-order valence-electron chi connectivity index (χ1n) is 34.3. The summed E-state index contributed by atoms with van der Waals surface area (Å²) < 4.78 is 16.8. The Labute approximate surface area is 485 Å². The van der Waals surface area contributed by atoms with Crippen molar-refractivity contribution in [1.82, 2.24) is 0 Å². The average molecular weight is 1090 g/mol. The standard InChI is InChI=1S/C72H130O6/c1-4-7-10-13-16-18-20-22-24-26-28-30-31-32-33-34-35-36-37-38-39-40-41-43-44-46-48-50-52-54-56-59-62-65-71(74)77-68-69(67-76-70(73)64-61-58-15-12-9-6-3)78-72(75)66-63-60-57-55-53-51-49-47-45-42-29-27-25-23-21-19-17-14-11-8-5-2/h8,11,17,19,23,25-26,28-29,42,69H,4-7,9-10,12-16,18,20-22,24,27,30-41,43-68H2,1-3H3/b11-8-,19-17-,25-23-,28-26-,42-29-. The highest BCUT2D eigenvalue weighted by Crippen LogP contribution is 2.18. The van der Waals surface area contributed by atoms with E-state index in [9.17, 15) is 14.4 Å². The number of ether oxygens (including phenoxy) is 3. The Balaban J connectivity index is 3.96. The van der Waals surface area contributed by atoms with Gasteiger partial charge in [0.1, 0.15) is 13.2 Å². The van der Waals surface area contributed by atoms with Gasteiger partial charge in [-0.15, -0.1) is 0 Å². The van der Waals surface area contributed by atoms with Gasteiger partial charge in [0, 0.05) is 19.3 Å². The van der Waals surface area contributed by atoms with Crippen LogP contribution in [0, 0.1) is 0 Å². The third kappa shape index (κ3) is 63.9. The quantitative estimate of drug-likeness (QED) is 0.0261. The van der Waals surface area contributed by atoms with Crippen molar-refractivity contribution < 1.29 is 28.6 Å². The third-order valence-corrected chi connectivity index (χ3v) is 15.3. The Kier molecular flexibility index (Phi) is 64.2. The van der Waals surface area contributed by atoms with Gasteiger partial charge in [0.2, 0.25) is 0 Å². The van der Waals surface area contributed by atoms with Crippen molar-refractivity contribution in [3.05, 3.63) is 60.8 Å². The molecule has 454 valence electrons. The Morgan fingerprint density at radius 2 is 0.500 bits per heavy atom. The van der Waals surface area contributed by atoms with Crippen LogP contribution in [0.5, 0.6) is 0 Å². The van der Waals surface area contributed by atoms with Crippen LogP contribution in [0.3, 0.4) is 0 Å². The van der Waals surface area contributed by atoms with E-state index in [1.54, 1.807) is 0 Å². The lowest BCUT2D eigenvalue weighted by Gasteiger charge is -2.18. The predicted molar refractivity (Wildman–Crippen MR) is 339 cm³/mol. The average Bonchev–Trinajstić information content (AvgIpc) is 3.44. The molecule has 1 unspecified atom stereocenters. The van der Waals surface area contributed by atoms with Gasteiger partial charge < -0.3 is 14.2 Å². The van der Waals surface area contributed by atoms with Crippen molar-refractivity contribution in [2.45, 2.75) is 367 Å². The highest BCUT2D eigenvalue weighted by Gasteiger charge is 2.19. The molecule has 0 aromatic rings. The van der Waals surface area contributed by atoms with E-state index in [1.807, 2.05) is 0 Å². The van der Waals surface area contributed by atoms with E-state index >= 15 is 0 Å². The number of carbonyl (C=O) groups is 3.